The molecular formula is C21H26N4O3. The molecule has 2 aromatic rings. The normalized spacial score (nSPS) is 17.4. The van der Waals surface area contributed by atoms with Gasteiger partial charge in [-0.3, -0.25) is 9.88 Å². The van der Waals surface area contributed by atoms with Crippen molar-refractivity contribution in [1.82, 2.24) is 20.1 Å². The van der Waals surface area contributed by atoms with Gasteiger partial charge >= 0.3 is 6.03 Å². The van der Waals surface area contributed by atoms with Crippen LogP contribution in [0.5, 0.6) is 11.5 Å². The summed E-state index contributed by atoms with van der Waals surface area (Å²) in [6.45, 7) is 6.36. The predicted molar refractivity (Wildman–Crippen MR) is 105 cm³/mol. The minimum atomic E-state index is -0.00661. The average molecular weight is 382 g/mol. The molecule has 2 amide bonds. The molecule has 0 saturated carbocycles. The number of hydrogen-bond acceptors (Lipinski definition) is 5. The lowest BCUT2D eigenvalue weighted by molar-refractivity contribution is 0.133. The van der Waals surface area contributed by atoms with E-state index in [0.717, 1.165) is 56.2 Å². The molecule has 1 N–H and O–H groups in total. The van der Waals surface area contributed by atoms with Crippen molar-refractivity contribution in [2.24, 2.45) is 0 Å². The zero-order valence-electron chi connectivity index (χ0n) is 16.1. The van der Waals surface area contributed by atoms with E-state index in [1.807, 2.05) is 35.4 Å². The Bertz CT molecular complexity index is 807. The lowest BCUT2D eigenvalue weighted by atomic mass is 10.1. The summed E-state index contributed by atoms with van der Waals surface area (Å²) in [5.41, 5.74) is 2.24. The van der Waals surface area contributed by atoms with Crippen LogP contribution in [0.25, 0.3) is 0 Å². The van der Waals surface area contributed by atoms with Gasteiger partial charge in [0.15, 0.2) is 11.5 Å². The largest absolute Gasteiger partial charge is 0.454 e. The number of amides is 2. The van der Waals surface area contributed by atoms with Gasteiger partial charge in [0.2, 0.25) is 6.79 Å². The summed E-state index contributed by atoms with van der Waals surface area (Å²) in [5, 5.41) is 3.14. The van der Waals surface area contributed by atoms with E-state index in [-0.39, 0.29) is 12.1 Å². The van der Waals surface area contributed by atoms with Crippen LogP contribution >= 0.6 is 0 Å². The van der Waals surface area contributed by atoms with E-state index in [9.17, 15) is 4.79 Å². The van der Waals surface area contributed by atoms with Crippen LogP contribution in [0, 0.1) is 0 Å². The highest BCUT2D eigenvalue weighted by molar-refractivity contribution is 5.74. The van der Waals surface area contributed by atoms with Crippen LogP contribution in [0.4, 0.5) is 4.79 Å². The summed E-state index contributed by atoms with van der Waals surface area (Å²) >= 11 is 0. The Balaban J connectivity index is 1.28. The first-order chi connectivity index (χ1) is 13.7. The Morgan fingerprint density at radius 2 is 2.00 bits per heavy atom. The molecule has 2 aliphatic rings. The maximum Gasteiger partial charge on any atom is 0.317 e. The molecule has 4 rings (SSSR count). The third-order valence-corrected chi connectivity index (χ3v) is 5.30. The van der Waals surface area contributed by atoms with Crippen molar-refractivity contribution in [1.29, 1.82) is 0 Å². The summed E-state index contributed by atoms with van der Waals surface area (Å²) in [5.74, 6) is 1.63. The molecule has 2 aliphatic heterocycles. The van der Waals surface area contributed by atoms with Crippen molar-refractivity contribution >= 4 is 6.03 Å². The predicted octanol–water partition coefficient (Wildman–Crippen LogP) is 2.79. The number of fused-ring (bicyclic) bond motifs is 1. The second kappa shape index (κ2) is 8.48. The number of rotatable bonds is 5. The molecule has 28 heavy (non-hydrogen) atoms. The van der Waals surface area contributed by atoms with Gasteiger partial charge in [0.1, 0.15) is 0 Å². The zero-order valence-corrected chi connectivity index (χ0v) is 16.1. The Morgan fingerprint density at radius 3 is 2.75 bits per heavy atom. The molecule has 7 nitrogen and oxygen atoms in total. The van der Waals surface area contributed by atoms with Gasteiger partial charge in [-0.2, -0.15) is 0 Å². The maximum atomic E-state index is 12.7. The molecule has 1 atom stereocenters. The minimum Gasteiger partial charge on any atom is -0.454 e. The van der Waals surface area contributed by atoms with Crippen LogP contribution in [0.3, 0.4) is 0 Å². The first-order valence-electron chi connectivity index (χ1n) is 9.79. The van der Waals surface area contributed by atoms with Gasteiger partial charge in [0.25, 0.3) is 0 Å². The lowest BCUT2D eigenvalue weighted by Crippen LogP contribution is -2.51. The minimum absolute atomic E-state index is 0.00145. The Kier molecular flexibility index (Phi) is 5.62. The summed E-state index contributed by atoms with van der Waals surface area (Å²) in [7, 11) is 0. The molecule has 0 bridgehead atoms. The molecule has 7 heteroatoms. The van der Waals surface area contributed by atoms with E-state index in [2.05, 4.69) is 28.2 Å². The molecule has 1 saturated heterocycles. The third kappa shape index (κ3) is 4.20. The number of urea groups is 1. The number of carbonyl (C=O) groups excluding carboxylic acids is 1. The van der Waals surface area contributed by atoms with Crippen LogP contribution in [0.1, 0.15) is 30.5 Å². The van der Waals surface area contributed by atoms with Gasteiger partial charge in [0.05, 0.1) is 6.04 Å². The van der Waals surface area contributed by atoms with Crippen LogP contribution in [0.15, 0.2) is 42.7 Å². The fourth-order valence-corrected chi connectivity index (χ4v) is 3.65. The second-order valence-electron chi connectivity index (χ2n) is 7.15. The van der Waals surface area contributed by atoms with E-state index < -0.39 is 0 Å². The average Bonchev–Trinajstić information content (AvgIpc) is 3.21. The topological polar surface area (TPSA) is 66.9 Å². The van der Waals surface area contributed by atoms with Crippen molar-refractivity contribution in [3.8, 4) is 11.5 Å². The van der Waals surface area contributed by atoms with Gasteiger partial charge in [-0.05, 0) is 35.7 Å². The third-order valence-electron chi connectivity index (χ3n) is 5.30. The number of carbonyl (C=O) groups is 1. The van der Waals surface area contributed by atoms with Crippen molar-refractivity contribution in [3.05, 3.63) is 53.9 Å². The van der Waals surface area contributed by atoms with Gasteiger partial charge in [-0.1, -0.05) is 19.1 Å². The second-order valence-corrected chi connectivity index (χ2v) is 7.15. The summed E-state index contributed by atoms with van der Waals surface area (Å²) in [6, 6.07) is 9.98. The first-order valence-corrected chi connectivity index (χ1v) is 9.79. The Morgan fingerprint density at radius 1 is 1.18 bits per heavy atom. The Labute approximate surface area is 165 Å². The Hall–Kier alpha value is -2.80. The van der Waals surface area contributed by atoms with Crippen molar-refractivity contribution in [2.45, 2.75) is 25.9 Å². The number of ether oxygens (including phenoxy) is 2. The molecule has 0 unspecified atom stereocenters. The SMILES string of the molecule is CC[C@@H](NC(=O)N1CCN(Cc2ccc3c(c2)OCO3)CC1)c1cccnc1. The number of aromatic nitrogens is 1. The van der Waals surface area contributed by atoms with Crippen LogP contribution in [-0.2, 0) is 6.54 Å². The first kappa shape index (κ1) is 18.6. The van der Waals surface area contributed by atoms with E-state index in [1.165, 1.54) is 5.56 Å². The van der Waals surface area contributed by atoms with E-state index in [0.29, 0.717) is 6.79 Å². The molecule has 1 aromatic carbocycles. The van der Waals surface area contributed by atoms with E-state index in [1.54, 1.807) is 6.20 Å². The van der Waals surface area contributed by atoms with Crippen molar-refractivity contribution < 1.29 is 14.3 Å². The number of piperazine rings is 1. The van der Waals surface area contributed by atoms with Crippen LogP contribution in [0.2, 0.25) is 0 Å². The molecule has 1 fully saturated rings. The number of hydrogen-bond donors (Lipinski definition) is 1. The number of benzene rings is 1. The molecule has 0 radical (unpaired) electrons. The molecule has 1 aromatic heterocycles. The fourth-order valence-electron chi connectivity index (χ4n) is 3.65. The fraction of sp³-hybridized carbons (Fsp3) is 0.429. The van der Waals surface area contributed by atoms with Gasteiger partial charge in [0, 0.05) is 45.1 Å². The summed E-state index contributed by atoms with van der Waals surface area (Å²) in [4.78, 5) is 21.1. The molecule has 3 heterocycles. The number of nitrogens with one attached hydrogen (secondary N) is 1. The standard InChI is InChI=1S/C21H26N4O3/c1-2-18(17-4-3-7-22-13-17)23-21(26)25-10-8-24(9-11-25)14-16-5-6-19-20(12-16)28-15-27-19/h3-7,12-13,18H,2,8-11,14-15H2,1H3,(H,23,26)/t18-/m1/s1. The van der Waals surface area contributed by atoms with Gasteiger partial charge in [-0.15, -0.1) is 0 Å². The maximum absolute atomic E-state index is 12.7. The molecule has 0 aliphatic carbocycles. The molecule has 0 spiro atoms. The van der Waals surface area contributed by atoms with Crippen LogP contribution < -0.4 is 14.8 Å². The van der Waals surface area contributed by atoms with Gasteiger partial charge in [-0.25, -0.2) is 4.79 Å². The highest BCUT2D eigenvalue weighted by Crippen LogP contribution is 2.32. The molecular weight excluding hydrogens is 356 g/mol. The monoisotopic (exact) mass is 382 g/mol. The summed E-state index contributed by atoms with van der Waals surface area (Å²) in [6.07, 6.45) is 4.40. The summed E-state index contributed by atoms with van der Waals surface area (Å²) < 4.78 is 10.8. The smallest absolute Gasteiger partial charge is 0.317 e. The lowest BCUT2D eigenvalue weighted by Gasteiger charge is -2.35. The van der Waals surface area contributed by atoms with Crippen LogP contribution in [-0.4, -0.2) is 53.8 Å². The van der Waals surface area contributed by atoms with E-state index in [4.69, 9.17) is 9.47 Å². The van der Waals surface area contributed by atoms with Gasteiger partial charge < -0.3 is 19.7 Å². The zero-order chi connectivity index (χ0) is 19.3. The van der Waals surface area contributed by atoms with Crippen molar-refractivity contribution in [2.75, 3.05) is 33.0 Å². The van der Waals surface area contributed by atoms with E-state index >= 15 is 0 Å². The number of nitrogens with zero attached hydrogens (tertiary/aromatic N) is 3. The highest BCUT2D eigenvalue weighted by atomic mass is 16.7. The number of pyridine rings is 1. The quantitative estimate of drug-likeness (QED) is 0.861. The van der Waals surface area contributed by atoms with Crippen molar-refractivity contribution in [3.63, 3.8) is 0 Å². The molecule has 148 valence electrons. The highest BCUT2D eigenvalue weighted by Gasteiger charge is 2.23.